The van der Waals surface area contributed by atoms with E-state index >= 15 is 0 Å². The molecule has 0 fully saturated rings. The number of hydrogen-bond acceptors (Lipinski definition) is 4. The number of nitrogens with one attached hydrogen (secondary N) is 1. The summed E-state index contributed by atoms with van der Waals surface area (Å²) in [7, 11) is -4.80. The molecule has 1 N–H and O–H groups in total. The molecule has 13 heteroatoms. The Morgan fingerprint density at radius 3 is 1.88 bits per heavy atom. The van der Waals surface area contributed by atoms with Gasteiger partial charge in [-0.25, -0.2) is 13.1 Å². The standard InChI is InChI=1S/C12H7BrF6N2O3S/c1-5-9(13)10(24-20-5)21-25(22,23)8-3-6(11(14,15)16)2-7(4-8)12(17,18)19/h2-4,21H,1H3. The summed E-state index contributed by atoms with van der Waals surface area (Å²) in [6.45, 7) is 1.43. The van der Waals surface area contributed by atoms with Gasteiger partial charge < -0.3 is 4.52 Å². The summed E-state index contributed by atoms with van der Waals surface area (Å²) in [5.74, 6) is -0.483. The quantitative estimate of drug-likeness (QED) is 0.691. The summed E-state index contributed by atoms with van der Waals surface area (Å²) in [5.41, 5.74) is -3.29. The fraction of sp³-hybridized carbons (Fsp3) is 0.250. The highest BCUT2D eigenvalue weighted by atomic mass is 79.9. The van der Waals surface area contributed by atoms with Gasteiger partial charge in [0.2, 0.25) is 0 Å². The smallest absolute Gasteiger partial charge is 0.336 e. The molecule has 0 amide bonds. The first-order valence-corrected chi connectivity index (χ1v) is 8.43. The maximum absolute atomic E-state index is 12.8. The van der Waals surface area contributed by atoms with E-state index in [2.05, 4.69) is 25.6 Å². The third-order valence-electron chi connectivity index (χ3n) is 2.89. The lowest BCUT2D eigenvalue weighted by molar-refractivity contribution is -0.143. The molecule has 5 nitrogen and oxygen atoms in total. The van der Waals surface area contributed by atoms with Crippen LogP contribution in [-0.4, -0.2) is 13.6 Å². The Balaban J connectivity index is 2.58. The Hall–Kier alpha value is -1.76. The van der Waals surface area contributed by atoms with Gasteiger partial charge in [0, 0.05) is 0 Å². The number of aromatic nitrogens is 1. The van der Waals surface area contributed by atoms with Crippen LogP contribution in [0.4, 0.5) is 32.2 Å². The molecule has 2 aromatic rings. The SMILES string of the molecule is Cc1noc(NS(=O)(=O)c2cc(C(F)(F)F)cc(C(F)(F)F)c2)c1Br. The third-order valence-corrected chi connectivity index (χ3v) is 5.13. The van der Waals surface area contributed by atoms with E-state index in [1.807, 2.05) is 0 Å². The lowest BCUT2D eigenvalue weighted by Gasteiger charge is -2.14. The average Bonchev–Trinajstić information content (AvgIpc) is 2.76. The molecule has 25 heavy (non-hydrogen) atoms. The van der Waals surface area contributed by atoms with E-state index in [0.717, 1.165) is 0 Å². The summed E-state index contributed by atoms with van der Waals surface area (Å²) in [6, 6.07) is 0.0109. The predicted molar refractivity (Wildman–Crippen MR) is 76.2 cm³/mol. The molecule has 0 bridgehead atoms. The fourth-order valence-corrected chi connectivity index (χ4v) is 3.13. The van der Waals surface area contributed by atoms with Gasteiger partial charge in [-0.15, -0.1) is 0 Å². The van der Waals surface area contributed by atoms with E-state index in [4.69, 9.17) is 0 Å². The monoisotopic (exact) mass is 452 g/mol. The van der Waals surface area contributed by atoms with Gasteiger partial charge in [0.15, 0.2) is 0 Å². The van der Waals surface area contributed by atoms with Crippen LogP contribution in [0.3, 0.4) is 0 Å². The topological polar surface area (TPSA) is 72.2 Å². The first-order valence-electron chi connectivity index (χ1n) is 6.16. The van der Waals surface area contributed by atoms with Crippen LogP contribution in [0.25, 0.3) is 0 Å². The molecule has 0 spiro atoms. The van der Waals surface area contributed by atoms with Gasteiger partial charge in [0.25, 0.3) is 15.9 Å². The van der Waals surface area contributed by atoms with Crippen LogP contribution in [0.5, 0.6) is 0 Å². The van der Waals surface area contributed by atoms with Crippen molar-refractivity contribution >= 4 is 31.8 Å². The minimum Gasteiger partial charge on any atom is -0.336 e. The van der Waals surface area contributed by atoms with E-state index in [1.54, 1.807) is 4.72 Å². The van der Waals surface area contributed by atoms with Crippen molar-refractivity contribution in [1.29, 1.82) is 0 Å². The van der Waals surface area contributed by atoms with Gasteiger partial charge in [-0.1, -0.05) is 5.16 Å². The Morgan fingerprint density at radius 2 is 1.52 bits per heavy atom. The van der Waals surface area contributed by atoms with E-state index in [-0.39, 0.29) is 28.4 Å². The Bertz CT molecular complexity index is 872. The molecule has 0 atom stereocenters. The third kappa shape index (κ3) is 4.26. The maximum Gasteiger partial charge on any atom is 0.416 e. The lowest BCUT2D eigenvalue weighted by atomic mass is 10.1. The molecule has 1 aromatic heterocycles. The molecule has 1 aromatic carbocycles. The Labute approximate surface area is 145 Å². The second kappa shape index (κ2) is 6.20. The van der Waals surface area contributed by atoms with Crippen molar-refractivity contribution in [3.8, 4) is 0 Å². The summed E-state index contributed by atoms with van der Waals surface area (Å²) in [4.78, 5) is -1.23. The molecule has 0 saturated carbocycles. The highest BCUT2D eigenvalue weighted by Crippen LogP contribution is 2.38. The first-order chi connectivity index (χ1) is 11.2. The molecule has 0 unspecified atom stereocenters. The number of anilines is 1. The number of halogens is 7. The molecule has 1 heterocycles. The van der Waals surface area contributed by atoms with Gasteiger partial charge in [0.05, 0.1) is 21.7 Å². The van der Waals surface area contributed by atoms with E-state index in [0.29, 0.717) is 0 Å². The lowest BCUT2D eigenvalue weighted by Crippen LogP contribution is -2.17. The molecule has 0 aliphatic rings. The summed E-state index contributed by atoms with van der Waals surface area (Å²) in [5, 5.41) is 3.40. The zero-order chi connectivity index (χ0) is 19.2. The maximum atomic E-state index is 12.8. The van der Waals surface area contributed by atoms with Gasteiger partial charge in [-0.2, -0.15) is 26.3 Å². The predicted octanol–water partition coefficient (Wildman–Crippen LogP) is 4.58. The van der Waals surface area contributed by atoms with E-state index in [1.165, 1.54) is 6.92 Å². The Morgan fingerprint density at radius 1 is 1.04 bits per heavy atom. The van der Waals surface area contributed by atoms with Crippen molar-refractivity contribution < 1.29 is 39.3 Å². The number of nitrogens with zero attached hydrogens (tertiary/aromatic N) is 1. The van der Waals surface area contributed by atoms with Crippen LogP contribution < -0.4 is 4.72 Å². The normalized spacial score (nSPS) is 13.1. The molecule has 0 radical (unpaired) electrons. The number of alkyl halides is 6. The molecule has 0 saturated heterocycles. The summed E-state index contributed by atoms with van der Waals surface area (Å²) >= 11 is 2.92. The molecule has 0 aliphatic carbocycles. The number of hydrogen-bond donors (Lipinski definition) is 1. The largest absolute Gasteiger partial charge is 0.416 e. The molecule has 0 aliphatic heterocycles. The summed E-state index contributed by atoms with van der Waals surface area (Å²) in [6.07, 6.45) is -10.3. The molecular weight excluding hydrogens is 446 g/mol. The van der Waals surface area contributed by atoms with Crippen molar-refractivity contribution in [3.05, 3.63) is 39.5 Å². The van der Waals surface area contributed by atoms with Crippen molar-refractivity contribution in [2.24, 2.45) is 0 Å². The van der Waals surface area contributed by atoms with Crippen LogP contribution in [0.1, 0.15) is 16.8 Å². The van der Waals surface area contributed by atoms with Crippen LogP contribution in [0.2, 0.25) is 0 Å². The highest BCUT2D eigenvalue weighted by Gasteiger charge is 2.38. The molecule has 138 valence electrons. The van der Waals surface area contributed by atoms with Crippen LogP contribution in [0, 0.1) is 6.92 Å². The second-order valence-electron chi connectivity index (χ2n) is 4.76. The van der Waals surface area contributed by atoms with Gasteiger partial charge in [-0.05, 0) is 41.1 Å². The number of sulfonamides is 1. The second-order valence-corrected chi connectivity index (χ2v) is 7.23. The van der Waals surface area contributed by atoms with Gasteiger partial charge in [0.1, 0.15) is 4.47 Å². The van der Waals surface area contributed by atoms with Crippen molar-refractivity contribution in [2.45, 2.75) is 24.2 Å². The van der Waals surface area contributed by atoms with Crippen LogP contribution >= 0.6 is 15.9 Å². The number of rotatable bonds is 3. The van der Waals surface area contributed by atoms with Crippen molar-refractivity contribution in [2.75, 3.05) is 4.72 Å². The average molecular weight is 453 g/mol. The zero-order valence-electron chi connectivity index (χ0n) is 12.0. The summed E-state index contributed by atoms with van der Waals surface area (Å²) < 4.78 is 108. The molecular formula is C12H7BrF6N2O3S. The minimum atomic E-state index is -5.17. The number of aryl methyl sites for hydroxylation is 1. The van der Waals surface area contributed by atoms with Crippen molar-refractivity contribution in [1.82, 2.24) is 5.16 Å². The zero-order valence-corrected chi connectivity index (χ0v) is 14.4. The number of benzene rings is 1. The Kier molecular flexibility index (Phi) is 4.85. The minimum absolute atomic E-state index is 0.0547. The van der Waals surface area contributed by atoms with Gasteiger partial charge in [-0.3, -0.25) is 0 Å². The van der Waals surface area contributed by atoms with E-state index < -0.39 is 44.3 Å². The van der Waals surface area contributed by atoms with Gasteiger partial charge >= 0.3 is 12.4 Å². The van der Waals surface area contributed by atoms with Crippen LogP contribution in [-0.2, 0) is 22.4 Å². The highest BCUT2D eigenvalue weighted by molar-refractivity contribution is 9.10. The van der Waals surface area contributed by atoms with Crippen LogP contribution in [0.15, 0.2) is 32.1 Å². The molecule has 2 rings (SSSR count). The van der Waals surface area contributed by atoms with Crippen molar-refractivity contribution in [3.63, 3.8) is 0 Å². The fourth-order valence-electron chi connectivity index (χ4n) is 1.68. The first kappa shape index (κ1) is 19.6. The van der Waals surface area contributed by atoms with E-state index in [9.17, 15) is 34.8 Å².